The van der Waals surface area contributed by atoms with E-state index in [9.17, 15) is 9.59 Å². The van der Waals surface area contributed by atoms with Gasteiger partial charge in [0.25, 0.3) is 5.56 Å². The number of benzene rings is 1. The predicted molar refractivity (Wildman–Crippen MR) is 109 cm³/mol. The number of aromatic nitrogens is 5. The summed E-state index contributed by atoms with van der Waals surface area (Å²) in [4.78, 5) is 28.0. The van der Waals surface area contributed by atoms with E-state index < -0.39 is 11.2 Å². The summed E-state index contributed by atoms with van der Waals surface area (Å²) >= 11 is 1.64. The average molecular weight is 401 g/mol. The van der Waals surface area contributed by atoms with Crippen LogP contribution in [-0.2, 0) is 6.42 Å². The van der Waals surface area contributed by atoms with E-state index in [1.54, 1.807) is 11.8 Å². The van der Waals surface area contributed by atoms with Crippen LogP contribution in [0.2, 0.25) is 0 Å². The minimum atomic E-state index is -0.538. The maximum absolute atomic E-state index is 11.6. The van der Waals surface area contributed by atoms with E-state index in [-0.39, 0.29) is 6.42 Å². The molecular weight excluding hydrogens is 378 g/mol. The molecule has 2 N–H and O–H groups in total. The number of thioether (sulfide) groups is 1. The van der Waals surface area contributed by atoms with Gasteiger partial charge in [0.2, 0.25) is 0 Å². The van der Waals surface area contributed by atoms with Gasteiger partial charge < -0.3 is 9.72 Å². The lowest BCUT2D eigenvalue weighted by Gasteiger charge is -2.13. The molecule has 3 aromatic rings. The van der Waals surface area contributed by atoms with Gasteiger partial charge in [-0.3, -0.25) is 14.3 Å². The third kappa shape index (κ3) is 4.72. The van der Waals surface area contributed by atoms with Crippen molar-refractivity contribution in [2.24, 2.45) is 0 Å². The van der Waals surface area contributed by atoms with Gasteiger partial charge in [0.1, 0.15) is 11.6 Å². The molecule has 0 bridgehead atoms. The van der Waals surface area contributed by atoms with E-state index in [0.29, 0.717) is 23.4 Å². The molecular formula is C19H23N5O3S. The Morgan fingerprint density at radius 2 is 1.89 bits per heavy atom. The topological polar surface area (TPSA) is 106 Å². The fraction of sp³-hybridized carbons (Fsp3) is 0.368. The second kappa shape index (κ2) is 8.92. The van der Waals surface area contributed by atoms with Crippen LogP contribution in [0.4, 0.5) is 0 Å². The molecule has 0 radical (unpaired) electrons. The summed E-state index contributed by atoms with van der Waals surface area (Å²) in [6.45, 7) is 6.80. The van der Waals surface area contributed by atoms with Gasteiger partial charge in [0, 0.05) is 29.1 Å². The Hall–Kier alpha value is -2.81. The van der Waals surface area contributed by atoms with E-state index >= 15 is 0 Å². The Morgan fingerprint density at radius 3 is 2.54 bits per heavy atom. The van der Waals surface area contributed by atoms with Gasteiger partial charge in [0.15, 0.2) is 5.16 Å². The molecule has 0 fully saturated rings. The molecule has 1 atom stereocenters. The zero-order valence-corrected chi connectivity index (χ0v) is 16.9. The van der Waals surface area contributed by atoms with Crippen LogP contribution < -0.4 is 16.0 Å². The lowest BCUT2D eigenvalue weighted by molar-refractivity contribution is 0.340. The van der Waals surface area contributed by atoms with Gasteiger partial charge in [-0.25, -0.2) is 4.79 Å². The lowest BCUT2D eigenvalue weighted by atomic mass is 10.2. The summed E-state index contributed by atoms with van der Waals surface area (Å²) < 4.78 is 7.47. The summed E-state index contributed by atoms with van der Waals surface area (Å²) in [6.07, 6.45) is 1.28. The quantitative estimate of drug-likeness (QED) is 0.562. The van der Waals surface area contributed by atoms with Gasteiger partial charge in [-0.05, 0) is 37.6 Å². The maximum atomic E-state index is 11.6. The number of aromatic amines is 2. The van der Waals surface area contributed by atoms with Gasteiger partial charge in [0.05, 0.1) is 6.61 Å². The van der Waals surface area contributed by atoms with E-state index in [0.717, 1.165) is 23.0 Å². The first-order chi connectivity index (χ1) is 13.5. The van der Waals surface area contributed by atoms with Crippen LogP contribution in [-0.4, -0.2) is 36.6 Å². The van der Waals surface area contributed by atoms with Crippen molar-refractivity contribution in [3.8, 4) is 11.4 Å². The Bertz CT molecular complexity index is 1010. The molecule has 0 unspecified atom stereocenters. The van der Waals surface area contributed by atoms with Crippen LogP contribution in [0, 0.1) is 0 Å². The van der Waals surface area contributed by atoms with Crippen LogP contribution in [0.25, 0.3) is 5.69 Å². The van der Waals surface area contributed by atoms with Crippen molar-refractivity contribution < 1.29 is 4.74 Å². The first-order valence-corrected chi connectivity index (χ1v) is 10.0. The molecule has 0 amide bonds. The van der Waals surface area contributed by atoms with Crippen LogP contribution in [0.3, 0.4) is 0 Å². The lowest BCUT2D eigenvalue weighted by Crippen LogP contribution is -2.23. The van der Waals surface area contributed by atoms with Crippen LogP contribution in [0.1, 0.15) is 38.7 Å². The molecule has 2 heterocycles. The van der Waals surface area contributed by atoms with Crippen molar-refractivity contribution in [2.45, 2.75) is 44.0 Å². The van der Waals surface area contributed by atoms with E-state index in [1.807, 2.05) is 35.8 Å². The Balaban J connectivity index is 2.02. The number of ether oxygens (including phenoxy) is 1. The molecule has 0 aliphatic carbocycles. The zero-order valence-electron chi connectivity index (χ0n) is 16.1. The standard InChI is InChI=1S/C19H23N5O3S/c1-4-12(3)28-19-23-22-16(10-13-11-17(25)21-18(26)20-13)24(19)14-6-8-15(9-7-14)27-5-2/h6-9,11-12H,4-5,10H2,1-3H3,(H2,20,21,25,26)/t12-/m1/s1. The maximum Gasteiger partial charge on any atom is 0.325 e. The fourth-order valence-electron chi connectivity index (χ4n) is 2.66. The Labute approximate surface area is 166 Å². The molecule has 3 rings (SSSR count). The third-order valence-corrected chi connectivity index (χ3v) is 5.36. The monoisotopic (exact) mass is 401 g/mol. The van der Waals surface area contributed by atoms with Gasteiger partial charge >= 0.3 is 5.69 Å². The van der Waals surface area contributed by atoms with Crippen molar-refractivity contribution in [1.82, 2.24) is 24.7 Å². The van der Waals surface area contributed by atoms with Crippen LogP contribution in [0.15, 0.2) is 45.1 Å². The smallest absolute Gasteiger partial charge is 0.325 e. The number of hydrogen-bond donors (Lipinski definition) is 2. The van der Waals surface area contributed by atoms with Crippen molar-refractivity contribution in [3.63, 3.8) is 0 Å². The number of hydrogen-bond acceptors (Lipinski definition) is 6. The summed E-state index contributed by atoms with van der Waals surface area (Å²) in [7, 11) is 0. The highest BCUT2D eigenvalue weighted by Crippen LogP contribution is 2.28. The van der Waals surface area contributed by atoms with E-state index in [1.165, 1.54) is 6.07 Å². The molecule has 0 saturated heterocycles. The molecule has 0 spiro atoms. The molecule has 1 aromatic carbocycles. The normalized spacial score (nSPS) is 12.1. The Morgan fingerprint density at radius 1 is 1.14 bits per heavy atom. The predicted octanol–water partition coefficient (Wildman–Crippen LogP) is 2.52. The second-order valence-corrected chi connectivity index (χ2v) is 7.69. The first-order valence-electron chi connectivity index (χ1n) is 9.16. The van der Waals surface area contributed by atoms with Gasteiger partial charge in [-0.15, -0.1) is 10.2 Å². The summed E-state index contributed by atoms with van der Waals surface area (Å²) in [6, 6.07) is 9.04. The molecule has 0 saturated carbocycles. The minimum absolute atomic E-state index is 0.278. The van der Waals surface area contributed by atoms with Crippen molar-refractivity contribution >= 4 is 11.8 Å². The average Bonchev–Trinajstić information content (AvgIpc) is 3.03. The SMILES string of the molecule is CCOc1ccc(-n2c(Cc3cc(=O)[nH]c(=O)[nH]3)nnc2S[C@H](C)CC)cc1. The minimum Gasteiger partial charge on any atom is -0.494 e. The summed E-state index contributed by atoms with van der Waals surface area (Å²) in [5.74, 6) is 1.42. The molecule has 28 heavy (non-hydrogen) atoms. The largest absolute Gasteiger partial charge is 0.494 e. The number of nitrogens with one attached hydrogen (secondary N) is 2. The van der Waals surface area contributed by atoms with E-state index in [4.69, 9.17) is 4.74 Å². The van der Waals surface area contributed by atoms with Crippen molar-refractivity contribution in [2.75, 3.05) is 6.61 Å². The first kappa shape index (κ1) is 19.9. The Kier molecular flexibility index (Phi) is 6.35. The third-order valence-electron chi connectivity index (χ3n) is 4.15. The van der Waals surface area contributed by atoms with E-state index in [2.05, 4.69) is 34.0 Å². The molecule has 0 aliphatic rings. The molecule has 148 valence electrons. The van der Waals surface area contributed by atoms with Gasteiger partial charge in [-0.1, -0.05) is 25.6 Å². The van der Waals surface area contributed by atoms with Crippen molar-refractivity contribution in [3.05, 3.63) is 62.7 Å². The number of rotatable bonds is 8. The highest BCUT2D eigenvalue weighted by atomic mass is 32.2. The molecule has 9 heteroatoms. The molecule has 8 nitrogen and oxygen atoms in total. The summed E-state index contributed by atoms with van der Waals surface area (Å²) in [5, 5.41) is 9.80. The van der Waals surface area contributed by atoms with Crippen LogP contribution >= 0.6 is 11.8 Å². The summed E-state index contributed by atoms with van der Waals surface area (Å²) in [5.41, 5.74) is 0.388. The van der Waals surface area contributed by atoms with Gasteiger partial charge in [-0.2, -0.15) is 0 Å². The highest BCUT2D eigenvalue weighted by Gasteiger charge is 2.17. The second-order valence-electron chi connectivity index (χ2n) is 6.29. The highest BCUT2D eigenvalue weighted by molar-refractivity contribution is 7.99. The molecule has 2 aromatic heterocycles. The zero-order chi connectivity index (χ0) is 20.1. The van der Waals surface area contributed by atoms with Crippen LogP contribution in [0.5, 0.6) is 5.75 Å². The van der Waals surface area contributed by atoms with Crippen molar-refractivity contribution in [1.29, 1.82) is 0 Å². The number of H-pyrrole nitrogens is 2. The molecule has 0 aliphatic heterocycles. The number of nitrogens with zero attached hydrogens (tertiary/aromatic N) is 3. The fourth-order valence-corrected chi connectivity index (χ4v) is 3.59.